The number of hydrogen-bond acceptors (Lipinski definition) is 4. The van der Waals surface area contributed by atoms with Crippen molar-refractivity contribution in [1.82, 2.24) is 19.9 Å². The maximum absolute atomic E-state index is 5.61. The van der Waals surface area contributed by atoms with Crippen LogP contribution in [0.5, 0.6) is 0 Å². The fourth-order valence-corrected chi connectivity index (χ4v) is 2.06. The zero-order chi connectivity index (χ0) is 11.0. The van der Waals surface area contributed by atoms with Crippen LogP contribution >= 0.6 is 15.9 Å². The van der Waals surface area contributed by atoms with Gasteiger partial charge in [-0.2, -0.15) is 0 Å². The van der Waals surface area contributed by atoms with Crippen molar-refractivity contribution in [1.29, 1.82) is 0 Å². The number of morpholine rings is 1. The molecule has 16 heavy (non-hydrogen) atoms. The van der Waals surface area contributed by atoms with Gasteiger partial charge < -0.3 is 10.1 Å². The van der Waals surface area contributed by atoms with Crippen LogP contribution in [0.4, 0.5) is 0 Å². The maximum Gasteiger partial charge on any atom is 0.181 e. The van der Waals surface area contributed by atoms with E-state index in [0.29, 0.717) is 6.61 Å². The summed E-state index contributed by atoms with van der Waals surface area (Å²) in [6, 6.07) is 3.87. The van der Waals surface area contributed by atoms with Crippen molar-refractivity contribution in [2.24, 2.45) is 0 Å². The van der Waals surface area contributed by atoms with E-state index in [1.807, 2.05) is 18.3 Å². The highest BCUT2D eigenvalue weighted by atomic mass is 79.9. The minimum atomic E-state index is -0.0348. The van der Waals surface area contributed by atoms with Crippen molar-refractivity contribution in [2.75, 3.05) is 19.7 Å². The number of aromatic nitrogens is 3. The molecule has 0 aliphatic carbocycles. The molecule has 1 unspecified atom stereocenters. The molecular weight excluding hydrogens is 272 g/mol. The topological polar surface area (TPSA) is 51.5 Å². The predicted molar refractivity (Wildman–Crippen MR) is 62.2 cm³/mol. The minimum absolute atomic E-state index is 0.0348. The highest BCUT2D eigenvalue weighted by Gasteiger charge is 2.20. The molecule has 0 saturated carbocycles. The molecule has 1 N–H and O–H groups in total. The fraction of sp³-hybridized carbons (Fsp3) is 0.400. The Kier molecular flexibility index (Phi) is 2.62. The number of ether oxygens (including phenoxy) is 1. The number of fused-ring (bicyclic) bond motifs is 1. The van der Waals surface area contributed by atoms with Gasteiger partial charge in [-0.05, 0) is 12.1 Å². The smallest absolute Gasteiger partial charge is 0.181 e. The number of pyridine rings is 1. The molecule has 84 valence electrons. The SMILES string of the molecule is Brc1ccn2nc(C3CNCCO3)nc2c1. The number of rotatable bonds is 1. The van der Waals surface area contributed by atoms with Crippen molar-refractivity contribution in [3.63, 3.8) is 0 Å². The molecule has 1 fully saturated rings. The third-order valence-electron chi connectivity index (χ3n) is 2.53. The molecule has 0 bridgehead atoms. The lowest BCUT2D eigenvalue weighted by molar-refractivity contribution is 0.0223. The number of nitrogens with one attached hydrogen (secondary N) is 1. The van der Waals surface area contributed by atoms with E-state index in [2.05, 4.69) is 31.3 Å². The van der Waals surface area contributed by atoms with Crippen LogP contribution in [0.1, 0.15) is 11.9 Å². The Morgan fingerprint density at radius 3 is 3.31 bits per heavy atom. The molecule has 0 aromatic carbocycles. The first-order valence-corrected chi connectivity index (χ1v) is 5.96. The van der Waals surface area contributed by atoms with Crippen molar-refractivity contribution in [3.05, 3.63) is 28.6 Å². The minimum Gasteiger partial charge on any atom is -0.367 e. The highest BCUT2D eigenvalue weighted by Crippen LogP contribution is 2.17. The van der Waals surface area contributed by atoms with E-state index in [9.17, 15) is 0 Å². The first-order valence-electron chi connectivity index (χ1n) is 5.17. The number of nitrogens with zero attached hydrogens (tertiary/aromatic N) is 3. The van der Waals surface area contributed by atoms with Gasteiger partial charge in [0.2, 0.25) is 0 Å². The molecular formula is C10H11BrN4O. The van der Waals surface area contributed by atoms with Crippen molar-refractivity contribution in [3.8, 4) is 0 Å². The van der Waals surface area contributed by atoms with Gasteiger partial charge in [0.05, 0.1) is 6.61 Å². The molecule has 3 rings (SSSR count). The van der Waals surface area contributed by atoms with E-state index in [0.717, 1.165) is 29.0 Å². The molecule has 6 heteroatoms. The second-order valence-corrected chi connectivity index (χ2v) is 4.60. The van der Waals surface area contributed by atoms with Gasteiger partial charge in [-0.15, -0.1) is 5.10 Å². The fourth-order valence-electron chi connectivity index (χ4n) is 1.74. The Balaban J connectivity index is 1.97. The van der Waals surface area contributed by atoms with Gasteiger partial charge in [0.25, 0.3) is 0 Å². The van der Waals surface area contributed by atoms with E-state index >= 15 is 0 Å². The van der Waals surface area contributed by atoms with E-state index < -0.39 is 0 Å². The third-order valence-corrected chi connectivity index (χ3v) is 3.02. The predicted octanol–water partition coefficient (Wildman–Crippen LogP) is 1.15. The van der Waals surface area contributed by atoms with Crippen LogP contribution in [0.3, 0.4) is 0 Å². The largest absolute Gasteiger partial charge is 0.367 e. The average molecular weight is 283 g/mol. The summed E-state index contributed by atoms with van der Waals surface area (Å²) < 4.78 is 8.37. The Hall–Kier alpha value is -0.980. The molecule has 0 radical (unpaired) electrons. The average Bonchev–Trinajstić information content (AvgIpc) is 2.73. The van der Waals surface area contributed by atoms with Gasteiger partial charge in [-0.3, -0.25) is 0 Å². The van der Waals surface area contributed by atoms with E-state index in [1.165, 1.54) is 0 Å². The van der Waals surface area contributed by atoms with Crippen LogP contribution < -0.4 is 5.32 Å². The summed E-state index contributed by atoms with van der Waals surface area (Å²) in [5.41, 5.74) is 0.832. The van der Waals surface area contributed by atoms with Crippen molar-refractivity contribution < 1.29 is 4.74 Å². The van der Waals surface area contributed by atoms with Crippen LogP contribution in [0.25, 0.3) is 5.65 Å². The molecule has 0 spiro atoms. The van der Waals surface area contributed by atoms with E-state index in [4.69, 9.17) is 4.74 Å². The van der Waals surface area contributed by atoms with Gasteiger partial charge in [0.1, 0.15) is 6.10 Å². The summed E-state index contributed by atoms with van der Waals surface area (Å²) in [5.74, 6) is 0.741. The van der Waals surface area contributed by atoms with Crippen LogP contribution in [-0.2, 0) is 4.74 Å². The summed E-state index contributed by atoms with van der Waals surface area (Å²) in [5, 5.41) is 7.66. The third kappa shape index (κ3) is 1.83. The van der Waals surface area contributed by atoms with Gasteiger partial charge >= 0.3 is 0 Å². The van der Waals surface area contributed by atoms with Crippen molar-refractivity contribution >= 4 is 21.6 Å². The van der Waals surface area contributed by atoms with E-state index in [1.54, 1.807) is 4.52 Å². The molecule has 5 nitrogen and oxygen atoms in total. The molecule has 2 aromatic rings. The standard InChI is InChI=1S/C10H11BrN4O/c11-7-1-3-15-9(5-7)13-10(14-15)8-6-12-2-4-16-8/h1,3,5,8,12H,2,4,6H2. The lowest BCUT2D eigenvalue weighted by Crippen LogP contribution is -2.33. The number of hydrogen-bond donors (Lipinski definition) is 1. The molecule has 2 aromatic heterocycles. The second kappa shape index (κ2) is 4.12. The Bertz CT molecular complexity index is 506. The van der Waals surface area contributed by atoms with Gasteiger partial charge in [-0.25, -0.2) is 9.50 Å². The summed E-state index contributed by atoms with van der Waals surface area (Å²) in [6.45, 7) is 2.39. The van der Waals surface area contributed by atoms with Crippen LogP contribution in [0.2, 0.25) is 0 Å². The lowest BCUT2D eigenvalue weighted by atomic mass is 10.3. The van der Waals surface area contributed by atoms with Crippen LogP contribution in [0, 0.1) is 0 Å². The van der Waals surface area contributed by atoms with Gasteiger partial charge in [0.15, 0.2) is 11.5 Å². The summed E-state index contributed by atoms with van der Waals surface area (Å²) in [7, 11) is 0. The molecule has 0 amide bonds. The molecule has 1 aliphatic heterocycles. The Labute approximate surface area is 101 Å². The Morgan fingerprint density at radius 2 is 2.50 bits per heavy atom. The van der Waals surface area contributed by atoms with Crippen molar-refractivity contribution in [2.45, 2.75) is 6.10 Å². The number of halogens is 1. The zero-order valence-electron chi connectivity index (χ0n) is 8.56. The molecule has 1 atom stereocenters. The lowest BCUT2D eigenvalue weighted by Gasteiger charge is -2.20. The van der Waals surface area contributed by atoms with Crippen LogP contribution in [0.15, 0.2) is 22.8 Å². The molecule has 3 heterocycles. The maximum atomic E-state index is 5.61. The van der Waals surface area contributed by atoms with Crippen LogP contribution in [-0.4, -0.2) is 34.3 Å². The van der Waals surface area contributed by atoms with Gasteiger partial charge in [-0.1, -0.05) is 15.9 Å². The van der Waals surface area contributed by atoms with E-state index in [-0.39, 0.29) is 6.10 Å². The quantitative estimate of drug-likeness (QED) is 0.853. The second-order valence-electron chi connectivity index (χ2n) is 3.68. The monoisotopic (exact) mass is 282 g/mol. The normalized spacial score (nSPS) is 21.4. The van der Waals surface area contributed by atoms with Gasteiger partial charge in [0, 0.05) is 23.8 Å². The summed E-state index contributed by atoms with van der Waals surface area (Å²) >= 11 is 3.41. The first kappa shape index (κ1) is 10.2. The molecule has 1 aliphatic rings. The molecule has 1 saturated heterocycles. The first-order chi connectivity index (χ1) is 7.83. The summed E-state index contributed by atoms with van der Waals surface area (Å²) in [4.78, 5) is 4.45. The highest BCUT2D eigenvalue weighted by molar-refractivity contribution is 9.10. The Morgan fingerprint density at radius 1 is 1.56 bits per heavy atom. The summed E-state index contributed by atoms with van der Waals surface area (Å²) in [6.07, 6.45) is 1.85. The zero-order valence-corrected chi connectivity index (χ0v) is 10.1.